The minimum absolute atomic E-state index is 0.0279. The Hall–Kier alpha value is -2.89. The maximum absolute atomic E-state index is 10.4. The van der Waals surface area contributed by atoms with Gasteiger partial charge in [0.05, 0.1) is 11.1 Å². The number of aromatic hydroxyl groups is 1. The fourth-order valence-electron chi connectivity index (χ4n) is 1.15. The molecule has 19 heavy (non-hydrogen) atoms. The smallest absolute Gasteiger partial charge is 0.335 e. The molecule has 0 saturated carbocycles. The Morgan fingerprint density at radius 2 is 1.79 bits per heavy atom. The Labute approximate surface area is 109 Å². The van der Waals surface area contributed by atoms with Gasteiger partial charge in [-0.3, -0.25) is 9.78 Å². The molecular formula is C13H12N2O4. The fraction of sp³-hybridized carbons (Fsp3) is 0. The molecule has 0 unspecified atom stereocenters. The average Bonchev–Trinajstić information content (AvgIpc) is 2.40. The van der Waals surface area contributed by atoms with Crippen LogP contribution in [-0.2, 0) is 0 Å². The molecule has 0 aliphatic rings. The van der Waals surface area contributed by atoms with E-state index in [0.717, 1.165) is 0 Å². The number of aromatic carboxylic acids is 1. The number of hydrogen-bond donors (Lipinski definition) is 3. The number of carbonyl (C=O) groups excluding carboxylic acids is 1. The number of nitrogens with zero attached hydrogens (tertiary/aromatic N) is 1. The van der Waals surface area contributed by atoms with Crippen LogP contribution in [0.3, 0.4) is 0 Å². The van der Waals surface area contributed by atoms with Crippen molar-refractivity contribution < 1.29 is 19.8 Å². The standard InChI is InChI=1S/C7H6O3.C6H6N2O/c8-6-3-1-2-5(4-6)7(9)10;7-6(9)5-2-1-3-8-4-5/h1-4,8H,(H,9,10);1-4H,(H2,7,9). The van der Waals surface area contributed by atoms with Gasteiger partial charge in [0.15, 0.2) is 0 Å². The van der Waals surface area contributed by atoms with Crippen LogP contribution in [-0.4, -0.2) is 27.1 Å². The van der Waals surface area contributed by atoms with Gasteiger partial charge in [0.25, 0.3) is 0 Å². The van der Waals surface area contributed by atoms with Crippen molar-refractivity contribution in [3.05, 3.63) is 59.9 Å². The van der Waals surface area contributed by atoms with E-state index >= 15 is 0 Å². The summed E-state index contributed by atoms with van der Waals surface area (Å²) in [5, 5.41) is 17.2. The first-order chi connectivity index (χ1) is 9.00. The van der Waals surface area contributed by atoms with Gasteiger partial charge >= 0.3 is 5.97 Å². The van der Waals surface area contributed by atoms with E-state index in [1.807, 2.05) is 0 Å². The second-order valence-electron chi connectivity index (χ2n) is 3.46. The third-order valence-electron chi connectivity index (χ3n) is 2.04. The number of phenolic OH excluding ortho intramolecular Hbond substituents is 1. The van der Waals surface area contributed by atoms with Crippen molar-refractivity contribution in [3.8, 4) is 5.75 Å². The Morgan fingerprint density at radius 1 is 1.11 bits per heavy atom. The zero-order valence-electron chi connectivity index (χ0n) is 9.85. The van der Waals surface area contributed by atoms with Gasteiger partial charge in [0, 0.05) is 12.4 Å². The number of primary amides is 1. The highest BCUT2D eigenvalue weighted by Gasteiger charge is 2.00. The van der Waals surface area contributed by atoms with Crippen molar-refractivity contribution >= 4 is 11.9 Å². The summed E-state index contributed by atoms with van der Waals surface area (Å²) >= 11 is 0. The van der Waals surface area contributed by atoms with E-state index in [0.29, 0.717) is 5.56 Å². The first kappa shape index (κ1) is 14.2. The summed E-state index contributed by atoms with van der Waals surface area (Å²) in [6.07, 6.45) is 3.02. The molecule has 98 valence electrons. The second-order valence-corrected chi connectivity index (χ2v) is 3.46. The van der Waals surface area contributed by atoms with Gasteiger partial charge in [-0.15, -0.1) is 0 Å². The lowest BCUT2D eigenvalue weighted by Crippen LogP contribution is -2.10. The van der Waals surface area contributed by atoms with Gasteiger partial charge in [-0.1, -0.05) is 6.07 Å². The normalized spacial score (nSPS) is 9.05. The summed E-state index contributed by atoms with van der Waals surface area (Å²) in [6.45, 7) is 0. The van der Waals surface area contributed by atoms with Crippen LogP contribution in [0.25, 0.3) is 0 Å². The minimum atomic E-state index is -1.03. The predicted octanol–water partition coefficient (Wildman–Crippen LogP) is 1.27. The van der Waals surface area contributed by atoms with Crippen LogP contribution >= 0.6 is 0 Å². The molecule has 0 atom stereocenters. The topological polar surface area (TPSA) is 114 Å². The van der Waals surface area contributed by atoms with Crippen molar-refractivity contribution in [1.29, 1.82) is 0 Å². The predicted molar refractivity (Wildman–Crippen MR) is 67.8 cm³/mol. The summed E-state index contributed by atoms with van der Waals surface area (Å²) in [7, 11) is 0. The number of hydrogen-bond acceptors (Lipinski definition) is 4. The molecule has 2 aromatic rings. The van der Waals surface area contributed by atoms with Gasteiger partial charge in [0.2, 0.25) is 5.91 Å². The number of pyridine rings is 1. The average molecular weight is 260 g/mol. The molecule has 1 heterocycles. The molecule has 6 heteroatoms. The molecule has 4 N–H and O–H groups in total. The molecular weight excluding hydrogens is 248 g/mol. The molecule has 0 bridgehead atoms. The second kappa shape index (κ2) is 6.75. The Kier molecular flexibility index (Phi) is 5.04. The molecule has 2 rings (SSSR count). The molecule has 6 nitrogen and oxygen atoms in total. The highest BCUT2D eigenvalue weighted by atomic mass is 16.4. The SMILES string of the molecule is NC(=O)c1cccnc1.O=C(O)c1cccc(O)c1. The van der Waals surface area contributed by atoms with Crippen LogP contribution in [0.2, 0.25) is 0 Å². The van der Waals surface area contributed by atoms with Crippen molar-refractivity contribution in [2.24, 2.45) is 5.73 Å². The number of amides is 1. The first-order valence-electron chi connectivity index (χ1n) is 5.23. The van der Waals surface area contributed by atoms with Gasteiger partial charge in [-0.2, -0.15) is 0 Å². The summed E-state index contributed by atoms with van der Waals surface area (Å²) in [5.74, 6) is -1.50. The molecule has 0 aliphatic heterocycles. The lowest BCUT2D eigenvalue weighted by atomic mass is 10.2. The van der Waals surface area contributed by atoms with E-state index in [9.17, 15) is 9.59 Å². The zero-order valence-corrected chi connectivity index (χ0v) is 9.85. The van der Waals surface area contributed by atoms with Crippen molar-refractivity contribution in [1.82, 2.24) is 4.98 Å². The van der Waals surface area contributed by atoms with Crippen LogP contribution in [0.4, 0.5) is 0 Å². The van der Waals surface area contributed by atoms with E-state index < -0.39 is 11.9 Å². The zero-order chi connectivity index (χ0) is 14.3. The molecule has 1 amide bonds. The van der Waals surface area contributed by atoms with Crippen molar-refractivity contribution in [3.63, 3.8) is 0 Å². The maximum atomic E-state index is 10.4. The largest absolute Gasteiger partial charge is 0.508 e. The van der Waals surface area contributed by atoms with Crippen LogP contribution in [0, 0.1) is 0 Å². The summed E-state index contributed by atoms with van der Waals surface area (Å²) in [5.41, 5.74) is 5.47. The highest BCUT2D eigenvalue weighted by molar-refractivity contribution is 5.92. The third kappa shape index (κ3) is 4.86. The highest BCUT2D eigenvalue weighted by Crippen LogP contribution is 2.09. The van der Waals surface area contributed by atoms with Gasteiger partial charge < -0.3 is 15.9 Å². The van der Waals surface area contributed by atoms with Crippen LogP contribution in [0.15, 0.2) is 48.8 Å². The van der Waals surface area contributed by atoms with Gasteiger partial charge in [-0.25, -0.2) is 4.79 Å². The monoisotopic (exact) mass is 260 g/mol. The van der Waals surface area contributed by atoms with E-state index in [4.69, 9.17) is 15.9 Å². The molecule has 0 saturated heterocycles. The minimum Gasteiger partial charge on any atom is -0.508 e. The molecule has 0 aliphatic carbocycles. The first-order valence-corrected chi connectivity index (χ1v) is 5.23. The van der Waals surface area contributed by atoms with Crippen molar-refractivity contribution in [2.45, 2.75) is 0 Å². The summed E-state index contributed by atoms with van der Waals surface area (Å²) < 4.78 is 0. The lowest BCUT2D eigenvalue weighted by molar-refractivity contribution is 0.0696. The van der Waals surface area contributed by atoms with E-state index in [2.05, 4.69) is 4.98 Å². The number of carboxylic acid groups (broad SMARTS) is 1. The van der Waals surface area contributed by atoms with Crippen LogP contribution in [0.5, 0.6) is 5.75 Å². The quantitative estimate of drug-likeness (QED) is 0.752. The number of rotatable bonds is 2. The Morgan fingerprint density at radius 3 is 2.16 bits per heavy atom. The summed E-state index contributed by atoms with van der Waals surface area (Å²) in [6, 6.07) is 8.81. The number of aromatic nitrogens is 1. The van der Waals surface area contributed by atoms with E-state index in [-0.39, 0.29) is 11.3 Å². The summed E-state index contributed by atoms with van der Waals surface area (Å²) in [4.78, 5) is 24.3. The van der Waals surface area contributed by atoms with Crippen molar-refractivity contribution in [2.75, 3.05) is 0 Å². The molecule has 0 radical (unpaired) electrons. The number of benzene rings is 1. The van der Waals surface area contributed by atoms with E-state index in [1.165, 1.54) is 30.5 Å². The number of carboxylic acids is 1. The lowest BCUT2D eigenvalue weighted by Gasteiger charge is -1.92. The molecule has 1 aromatic heterocycles. The number of carbonyl (C=O) groups is 2. The number of phenols is 1. The Balaban J connectivity index is 0.000000191. The molecule has 1 aromatic carbocycles. The Bertz CT molecular complexity index is 570. The fourth-order valence-corrected chi connectivity index (χ4v) is 1.15. The van der Waals surface area contributed by atoms with Crippen LogP contribution in [0.1, 0.15) is 20.7 Å². The maximum Gasteiger partial charge on any atom is 0.335 e. The van der Waals surface area contributed by atoms with Crippen LogP contribution < -0.4 is 5.73 Å². The molecule has 0 fully saturated rings. The number of nitrogens with two attached hydrogens (primary N) is 1. The van der Waals surface area contributed by atoms with E-state index in [1.54, 1.807) is 18.3 Å². The van der Waals surface area contributed by atoms with Gasteiger partial charge in [-0.05, 0) is 30.3 Å². The third-order valence-corrected chi connectivity index (χ3v) is 2.04. The van der Waals surface area contributed by atoms with Gasteiger partial charge in [0.1, 0.15) is 5.75 Å². The molecule has 0 spiro atoms.